The first kappa shape index (κ1) is 25.5. The minimum atomic E-state index is -0.469. The van der Waals surface area contributed by atoms with E-state index in [1.807, 2.05) is 32.9 Å². The molecule has 1 aromatic heterocycles. The third-order valence-electron chi connectivity index (χ3n) is 3.68. The number of nitrogens with zero attached hydrogens (tertiary/aromatic N) is 1. The maximum absolute atomic E-state index is 11.5. The van der Waals surface area contributed by atoms with E-state index in [9.17, 15) is 15.0 Å². The number of aliphatic hydroxyl groups excluding tert-OH is 2. The van der Waals surface area contributed by atoms with Crippen molar-refractivity contribution >= 4 is 5.97 Å². The highest BCUT2D eigenvalue weighted by Gasteiger charge is 2.15. The van der Waals surface area contributed by atoms with Gasteiger partial charge in [-0.05, 0) is 51.3 Å². The van der Waals surface area contributed by atoms with Gasteiger partial charge in [0.15, 0.2) is 0 Å². The first-order valence-electron chi connectivity index (χ1n) is 9.99. The Bertz CT molecular complexity index is 565. The number of carbonyl (C=O) groups is 1. The number of aryl methyl sites for hydroxylation is 1. The van der Waals surface area contributed by atoms with Crippen molar-refractivity contribution in [3.63, 3.8) is 0 Å². The van der Waals surface area contributed by atoms with E-state index < -0.39 is 5.60 Å². The second-order valence-electron chi connectivity index (χ2n) is 7.55. The Balaban J connectivity index is 1.96. The van der Waals surface area contributed by atoms with E-state index in [-0.39, 0.29) is 25.6 Å². The maximum Gasteiger partial charge on any atom is 0.308 e. The largest absolute Gasteiger partial charge is 0.460 e. The van der Waals surface area contributed by atoms with Crippen LogP contribution >= 0.6 is 0 Å². The van der Waals surface area contributed by atoms with E-state index in [2.05, 4.69) is 4.98 Å². The number of ether oxygens (including phenoxy) is 4. The number of carbonyl (C=O) groups excluding carboxylic acids is 1. The fraction of sp³-hybridized carbons (Fsp3) is 0.714. The molecule has 8 nitrogen and oxygen atoms in total. The summed E-state index contributed by atoms with van der Waals surface area (Å²) in [5.41, 5.74) is 1.68. The summed E-state index contributed by atoms with van der Waals surface area (Å²) < 4.78 is 21.5. The Kier molecular flexibility index (Phi) is 12.6. The van der Waals surface area contributed by atoms with Gasteiger partial charge in [-0.3, -0.25) is 9.78 Å². The molecule has 1 rings (SSSR count). The third-order valence-corrected chi connectivity index (χ3v) is 3.68. The molecule has 0 aliphatic rings. The minimum Gasteiger partial charge on any atom is -0.460 e. The molecule has 0 bridgehead atoms. The van der Waals surface area contributed by atoms with Crippen LogP contribution in [0.1, 0.15) is 50.6 Å². The molecule has 0 saturated heterocycles. The number of rotatable bonds is 15. The van der Waals surface area contributed by atoms with Gasteiger partial charge in [0, 0.05) is 6.61 Å². The zero-order valence-corrected chi connectivity index (χ0v) is 17.8. The molecule has 0 fully saturated rings. The van der Waals surface area contributed by atoms with Crippen LogP contribution in [0.3, 0.4) is 0 Å². The molecule has 0 aromatic carbocycles. The van der Waals surface area contributed by atoms with Gasteiger partial charge in [0.25, 0.3) is 0 Å². The molecule has 0 amide bonds. The molecular weight excluding hydrogens is 378 g/mol. The number of esters is 1. The normalized spacial score (nSPS) is 11.6. The average Bonchev–Trinajstić information content (AvgIpc) is 2.67. The van der Waals surface area contributed by atoms with Crippen molar-refractivity contribution in [3.8, 4) is 0 Å². The number of hydrogen-bond acceptors (Lipinski definition) is 8. The van der Waals surface area contributed by atoms with Crippen LogP contribution in [0.25, 0.3) is 0 Å². The summed E-state index contributed by atoms with van der Waals surface area (Å²) >= 11 is 0. The average molecular weight is 414 g/mol. The number of hydrogen-bond donors (Lipinski definition) is 2. The second-order valence-corrected chi connectivity index (χ2v) is 7.55. The van der Waals surface area contributed by atoms with Gasteiger partial charge >= 0.3 is 5.97 Å². The SMILES string of the molecule is CC(C)(C)OC(=O)CCOCCOCCOCCCc1cc(CO)nc(CO)c1. The molecule has 29 heavy (non-hydrogen) atoms. The van der Waals surface area contributed by atoms with Crippen LogP contribution in [0.2, 0.25) is 0 Å². The monoisotopic (exact) mass is 413 g/mol. The van der Waals surface area contributed by atoms with Gasteiger partial charge in [-0.2, -0.15) is 0 Å². The van der Waals surface area contributed by atoms with Crippen molar-refractivity contribution in [1.82, 2.24) is 4.98 Å². The Labute approximate surface area is 173 Å². The van der Waals surface area contributed by atoms with Gasteiger partial charge in [-0.1, -0.05) is 0 Å². The van der Waals surface area contributed by atoms with Gasteiger partial charge in [-0.25, -0.2) is 0 Å². The Morgan fingerprint density at radius 1 is 0.897 bits per heavy atom. The fourth-order valence-corrected chi connectivity index (χ4v) is 2.49. The summed E-state index contributed by atoms with van der Waals surface area (Å²) in [4.78, 5) is 15.6. The quantitative estimate of drug-likeness (QED) is 0.331. The Hall–Kier alpha value is -1.58. The van der Waals surface area contributed by atoms with Crippen LogP contribution in [0, 0.1) is 0 Å². The first-order valence-corrected chi connectivity index (χ1v) is 9.99. The zero-order valence-electron chi connectivity index (χ0n) is 17.8. The number of aromatic nitrogens is 1. The third kappa shape index (κ3) is 13.3. The van der Waals surface area contributed by atoms with Crippen LogP contribution in [-0.4, -0.2) is 66.4 Å². The summed E-state index contributed by atoms with van der Waals surface area (Å²) in [5, 5.41) is 18.4. The van der Waals surface area contributed by atoms with E-state index in [0.717, 1.165) is 18.4 Å². The van der Waals surface area contributed by atoms with Crippen LogP contribution < -0.4 is 0 Å². The standard InChI is InChI=1S/C21H35NO7/c1-21(2,3)29-20(25)6-8-27-10-12-28-11-9-26-7-4-5-17-13-18(15-23)22-19(14-17)16-24/h13-14,23-24H,4-12,15-16H2,1-3H3. The van der Waals surface area contributed by atoms with Crippen LogP contribution in [-0.2, 0) is 43.4 Å². The van der Waals surface area contributed by atoms with Crippen molar-refractivity contribution in [3.05, 3.63) is 29.1 Å². The minimum absolute atomic E-state index is 0.139. The maximum atomic E-state index is 11.5. The summed E-state index contributed by atoms with van der Waals surface area (Å²) in [5.74, 6) is -0.265. The van der Waals surface area contributed by atoms with Gasteiger partial charge in [0.1, 0.15) is 5.60 Å². The van der Waals surface area contributed by atoms with Crippen LogP contribution in [0.5, 0.6) is 0 Å². The Morgan fingerprint density at radius 3 is 1.93 bits per heavy atom. The lowest BCUT2D eigenvalue weighted by Gasteiger charge is -2.19. The number of pyridine rings is 1. The smallest absolute Gasteiger partial charge is 0.308 e. The first-order chi connectivity index (χ1) is 13.8. The predicted octanol–water partition coefficient (Wildman–Crippen LogP) is 1.78. The molecular formula is C21H35NO7. The van der Waals surface area contributed by atoms with E-state index in [1.54, 1.807) is 0 Å². The van der Waals surface area contributed by atoms with E-state index in [0.29, 0.717) is 51.0 Å². The fourth-order valence-electron chi connectivity index (χ4n) is 2.49. The highest BCUT2D eigenvalue weighted by Crippen LogP contribution is 2.10. The molecule has 0 spiro atoms. The summed E-state index contributed by atoms with van der Waals surface area (Å²) in [6, 6.07) is 3.68. The molecule has 0 unspecified atom stereocenters. The zero-order chi connectivity index (χ0) is 21.5. The summed E-state index contributed by atoms with van der Waals surface area (Å²) in [6.07, 6.45) is 1.85. The molecule has 1 heterocycles. The van der Waals surface area contributed by atoms with Crippen LogP contribution in [0.4, 0.5) is 0 Å². The molecule has 0 saturated carbocycles. The summed E-state index contributed by atoms with van der Waals surface area (Å²) in [7, 11) is 0. The van der Waals surface area contributed by atoms with Crippen LogP contribution in [0.15, 0.2) is 12.1 Å². The van der Waals surface area contributed by atoms with E-state index in [4.69, 9.17) is 18.9 Å². The van der Waals surface area contributed by atoms with Gasteiger partial charge in [-0.15, -0.1) is 0 Å². The lowest BCUT2D eigenvalue weighted by Crippen LogP contribution is -2.24. The van der Waals surface area contributed by atoms with Crippen molar-refractivity contribution < 1.29 is 34.0 Å². The molecule has 166 valence electrons. The highest BCUT2D eigenvalue weighted by molar-refractivity contribution is 5.69. The van der Waals surface area contributed by atoms with Crippen molar-refractivity contribution in [2.24, 2.45) is 0 Å². The van der Waals surface area contributed by atoms with Gasteiger partial charge in [0.05, 0.1) is 64.1 Å². The highest BCUT2D eigenvalue weighted by atomic mass is 16.6. The summed E-state index contributed by atoms with van der Waals surface area (Å²) in [6.45, 7) is 7.99. The molecule has 1 aromatic rings. The second kappa shape index (κ2) is 14.4. The van der Waals surface area contributed by atoms with E-state index >= 15 is 0 Å². The number of aliphatic hydroxyl groups is 2. The van der Waals surface area contributed by atoms with Gasteiger partial charge in [0.2, 0.25) is 0 Å². The molecule has 0 aliphatic carbocycles. The lowest BCUT2D eigenvalue weighted by atomic mass is 10.1. The predicted molar refractivity (Wildman–Crippen MR) is 107 cm³/mol. The Morgan fingerprint density at radius 2 is 1.41 bits per heavy atom. The van der Waals surface area contributed by atoms with Gasteiger partial charge < -0.3 is 29.2 Å². The van der Waals surface area contributed by atoms with Crippen molar-refractivity contribution in [1.29, 1.82) is 0 Å². The molecule has 8 heteroatoms. The lowest BCUT2D eigenvalue weighted by molar-refractivity contribution is -0.156. The van der Waals surface area contributed by atoms with Crippen molar-refractivity contribution in [2.45, 2.75) is 58.8 Å². The molecule has 0 atom stereocenters. The molecule has 2 N–H and O–H groups in total. The molecule has 0 aliphatic heterocycles. The van der Waals surface area contributed by atoms with Crippen molar-refractivity contribution in [2.75, 3.05) is 39.6 Å². The van der Waals surface area contributed by atoms with E-state index in [1.165, 1.54) is 0 Å². The molecule has 0 radical (unpaired) electrons. The topological polar surface area (TPSA) is 107 Å².